The second kappa shape index (κ2) is 14.2. The molecule has 31 heavy (non-hydrogen) atoms. The molecule has 2 rings (SSSR count). The first-order chi connectivity index (χ1) is 15.0. The summed E-state index contributed by atoms with van der Waals surface area (Å²) in [5.74, 6) is 0.853. The third-order valence-electron chi connectivity index (χ3n) is 5.96. The van der Waals surface area contributed by atoms with E-state index in [2.05, 4.69) is 24.4 Å². The van der Waals surface area contributed by atoms with E-state index in [9.17, 15) is 15.0 Å². The van der Waals surface area contributed by atoms with Crippen LogP contribution in [-0.2, 0) is 4.79 Å². The number of nitrogens with zero attached hydrogens (tertiary/aromatic N) is 1. The molecule has 1 aromatic rings. The maximum absolute atomic E-state index is 12.3. The summed E-state index contributed by atoms with van der Waals surface area (Å²) >= 11 is 0. The van der Waals surface area contributed by atoms with E-state index >= 15 is 0 Å². The van der Waals surface area contributed by atoms with Crippen molar-refractivity contribution in [1.82, 2.24) is 5.43 Å². The molecule has 3 N–H and O–H groups in total. The van der Waals surface area contributed by atoms with E-state index in [1.54, 1.807) is 10.8 Å². The molecular formula is C24H38N2O3S2. The molecule has 7 heteroatoms. The van der Waals surface area contributed by atoms with Crippen molar-refractivity contribution in [2.45, 2.75) is 82.1 Å². The van der Waals surface area contributed by atoms with Crippen LogP contribution in [0.3, 0.4) is 0 Å². The average Bonchev–Trinajstić information content (AvgIpc) is 2.74. The molecule has 5 nitrogen and oxygen atoms in total. The summed E-state index contributed by atoms with van der Waals surface area (Å²) in [4.78, 5) is 13.4. The SMILES string of the molecule is CCCC1CCCC(CCC)CC(O)(/C(CO)=N/NC(=O)CSSc2ccccc2)C1. The smallest absolute Gasteiger partial charge is 0.250 e. The quantitative estimate of drug-likeness (QED) is 0.230. The Kier molecular flexibility index (Phi) is 12.0. The van der Waals surface area contributed by atoms with Crippen molar-refractivity contribution in [3.05, 3.63) is 30.3 Å². The zero-order valence-corrected chi connectivity index (χ0v) is 20.5. The molecule has 1 aliphatic rings. The Labute approximate surface area is 195 Å². The van der Waals surface area contributed by atoms with Gasteiger partial charge in [-0.1, -0.05) is 98.6 Å². The Bertz CT molecular complexity index is 669. The lowest BCUT2D eigenvalue weighted by Gasteiger charge is -2.38. The van der Waals surface area contributed by atoms with Gasteiger partial charge in [0.15, 0.2) is 0 Å². The highest BCUT2D eigenvalue weighted by Crippen LogP contribution is 2.37. The van der Waals surface area contributed by atoms with Crippen LogP contribution in [-0.4, -0.2) is 39.8 Å². The number of rotatable bonds is 11. The molecule has 0 heterocycles. The van der Waals surface area contributed by atoms with Gasteiger partial charge in [0.25, 0.3) is 5.91 Å². The van der Waals surface area contributed by atoms with Crippen LogP contribution < -0.4 is 5.43 Å². The second-order valence-corrected chi connectivity index (χ2v) is 11.0. The number of aliphatic hydroxyl groups is 2. The van der Waals surface area contributed by atoms with Crippen molar-refractivity contribution in [2.75, 3.05) is 12.4 Å². The number of carbonyl (C=O) groups excluding carboxylic acids is 1. The molecule has 2 atom stereocenters. The van der Waals surface area contributed by atoms with Gasteiger partial charge in [0.05, 0.1) is 18.1 Å². The van der Waals surface area contributed by atoms with E-state index in [4.69, 9.17) is 0 Å². The molecule has 1 aliphatic carbocycles. The van der Waals surface area contributed by atoms with Crippen LogP contribution in [0.25, 0.3) is 0 Å². The van der Waals surface area contributed by atoms with Gasteiger partial charge in [-0.2, -0.15) is 5.10 Å². The van der Waals surface area contributed by atoms with Gasteiger partial charge in [0.2, 0.25) is 0 Å². The molecule has 0 spiro atoms. The summed E-state index contributed by atoms with van der Waals surface area (Å²) in [5.41, 5.74) is 1.71. The molecule has 0 saturated heterocycles. The predicted octanol–water partition coefficient (Wildman–Crippen LogP) is 5.42. The van der Waals surface area contributed by atoms with Crippen LogP contribution >= 0.6 is 21.6 Å². The van der Waals surface area contributed by atoms with Crippen LogP contribution in [0, 0.1) is 11.8 Å². The summed E-state index contributed by atoms with van der Waals surface area (Å²) in [6, 6.07) is 9.90. The van der Waals surface area contributed by atoms with Gasteiger partial charge < -0.3 is 10.2 Å². The van der Waals surface area contributed by atoms with Crippen molar-refractivity contribution in [1.29, 1.82) is 0 Å². The minimum atomic E-state index is -1.16. The van der Waals surface area contributed by atoms with Crippen LogP contribution in [0.15, 0.2) is 40.3 Å². The number of nitrogens with one attached hydrogen (secondary N) is 1. The summed E-state index contributed by atoms with van der Waals surface area (Å²) in [6.07, 6.45) is 8.92. The molecule has 174 valence electrons. The van der Waals surface area contributed by atoms with Crippen molar-refractivity contribution in [2.24, 2.45) is 16.9 Å². The highest BCUT2D eigenvalue weighted by molar-refractivity contribution is 8.76. The van der Waals surface area contributed by atoms with Gasteiger partial charge in [-0.15, -0.1) is 0 Å². The fraction of sp³-hybridized carbons (Fsp3) is 0.667. The fourth-order valence-electron chi connectivity index (χ4n) is 4.56. The summed E-state index contributed by atoms with van der Waals surface area (Å²) in [5, 5.41) is 25.9. The summed E-state index contributed by atoms with van der Waals surface area (Å²) < 4.78 is 0. The predicted molar refractivity (Wildman–Crippen MR) is 132 cm³/mol. The minimum Gasteiger partial charge on any atom is -0.390 e. The molecule has 1 fully saturated rings. The van der Waals surface area contributed by atoms with Crippen molar-refractivity contribution >= 4 is 33.2 Å². The van der Waals surface area contributed by atoms with E-state index in [0.29, 0.717) is 30.4 Å². The zero-order valence-electron chi connectivity index (χ0n) is 18.9. The van der Waals surface area contributed by atoms with E-state index < -0.39 is 5.60 Å². The number of aliphatic hydroxyl groups excluding tert-OH is 1. The highest BCUT2D eigenvalue weighted by atomic mass is 33.1. The first-order valence-electron chi connectivity index (χ1n) is 11.5. The fourth-order valence-corrected chi connectivity index (χ4v) is 6.43. The van der Waals surface area contributed by atoms with Gasteiger partial charge >= 0.3 is 0 Å². The number of hydrogen-bond donors (Lipinski definition) is 3. The first-order valence-corrected chi connectivity index (χ1v) is 13.9. The maximum atomic E-state index is 12.3. The number of hydrazone groups is 1. The first kappa shape index (κ1) is 26.2. The molecule has 2 unspecified atom stereocenters. The third-order valence-corrected chi connectivity index (χ3v) is 8.21. The van der Waals surface area contributed by atoms with Crippen LogP contribution in [0.1, 0.15) is 71.6 Å². The molecule has 0 aliphatic heterocycles. The van der Waals surface area contributed by atoms with E-state index in [0.717, 1.165) is 43.4 Å². The standard InChI is InChI=1S/C24H38N2O3S2/c1-3-9-19-11-8-12-20(10-4-2)16-24(29,15-19)22(17-27)25-26-23(28)18-30-31-21-13-6-5-7-14-21/h5-7,13-14,19-20,27,29H,3-4,8-12,15-18H2,1-2H3,(H,26,28)/b25-22+. The lowest BCUT2D eigenvalue weighted by Crippen LogP contribution is -2.46. The number of benzene rings is 1. The molecular weight excluding hydrogens is 428 g/mol. The Hall–Kier alpha value is -1.02. The minimum absolute atomic E-state index is 0.232. The second-order valence-electron chi connectivity index (χ2n) is 8.59. The number of hydrogen-bond acceptors (Lipinski definition) is 6. The van der Waals surface area contributed by atoms with E-state index in [1.807, 2.05) is 30.3 Å². The Morgan fingerprint density at radius 1 is 1.13 bits per heavy atom. The summed E-state index contributed by atoms with van der Waals surface area (Å²) in [7, 11) is 2.98. The van der Waals surface area contributed by atoms with Crippen LogP contribution in [0.5, 0.6) is 0 Å². The van der Waals surface area contributed by atoms with Gasteiger partial charge in [-0.3, -0.25) is 4.79 Å². The van der Waals surface area contributed by atoms with Gasteiger partial charge in [-0.05, 0) is 36.8 Å². The topological polar surface area (TPSA) is 81.9 Å². The van der Waals surface area contributed by atoms with Gasteiger partial charge in [-0.25, -0.2) is 5.43 Å². The van der Waals surface area contributed by atoms with E-state index in [-0.39, 0.29) is 18.3 Å². The van der Waals surface area contributed by atoms with Crippen molar-refractivity contribution in [3.8, 4) is 0 Å². The lowest BCUT2D eigenvalue weighted by atomic mass is 9.72. The third kappa shape index (κ3) is 9.16. The highest BCUT2D eigenvalue weighted by Gasteiger charge is 2.39. The molecule has 0 bridgehead atoms. The van der Waals surface area contributed by atoms with Crippen LogP contribution in [0.2, 0.25) is 0 Å². The molecule has 1 aromatic carbocycles. The van der Waals surface area contributed by atoms with Crippen LogP contribution in [0.4, 0.5) is 0 Å². The van der Waals surface area contributed by atoms with Gasteiger partial charge in [0, 0.05) is 4.90 Å². The summed E-state index contributed by atoms with van der Waals surface area (Å²) in [6.45, 7) is 3.99. The Balaban J connectivity index is 2.01. The number of carbonyl (C=O) groups is 1. The molecule has 0 radical (unpaired) electrons. The normalized spacial score (nSPS) is 25.0. The van der Waals surface area contributed by atoms with E-state index in [1.165, 1.54) is 17.2 Å². The van der Waals surface area contributed by atoms with Crippen molar-refractivity contribution < 1.29 is 15.0 Å². The zero-order chi connectivity index (χ0) is 22.5. The van der Waals surface area contributed by atoms with Gasteiger partial charge in [0.1, 0.15) is 5.60 Å². The monoisotopic (exact) mass is 466 g/mol. The Morgan fingerprint density at radius 3 is 2.29 bits per heavy atom. The largest absolute Gasteiger partial charge is 0.390 e. The average molecular weight is 467 g/mol. The number of amides is 1. The lowest BCUT2D eigenvalue weighted by molar-refractivity contribution is -0.118. The maximum Gasteiger partial charge on any atom is 0.250 e. The Morgan fingerprint density at radius 2 is 1.74 bits per heavy atom. The molecule has 0 aromatic heterocycles. The molecule has 1 amide bonds. The van der Waals surface area contributed by atoms with Crippen molar-refractivity contribution in [3.63, 3.8) is 0 Å². The molecule has 1 saturated carbocycles.